The van der Waals surface area contributed by atoms with Crippen molar-refractivity contribution >= 4 is 0 Å². The number of aromatic nitrogens is 1. The number of rotatable bonds is 3. The summed E-state index contributed by atoms with van der Waals surface area (Å²) in [5.74, 6) is 1.66. The molecule has 2 unspecified atom stereocenters. The van der Waals surface area contributed by atoms with E-state index in [-0.39, 0.29) is 0 Å². The second-order valence-corrected chi connectivity index (χ2v) is 5.34. The molecular formula is C14H23N3. The Morgan fingerprint density at radius 3 is 2.76 bits per heavy atom. The molecule has 1 aromatic heterocycles. The summed E-state index contributed by atoms with van der Waals surface area (Å²) in [4.78, 5) is 6.98. The van der Waals surface area contributed by atoms with Gasteiger partial charge < -0.3 is 5.73 Å². The third kappa shape index (κ3) is 3.27. The van der Waals surface area contributed by atoms with E-state index in [0.717, 1.165) is 29.6 Å². The molecule has 1 fully saturated rings. The SMILES string of the molecule is CC1CCN(Cc2ccc(CN)cn2)CC1C. The average molecular weight is 233 g/mol. The van der Waals surface area contributed by atoms with Gasteiger partial charge in [-0.25, -0.2) is 0 Å². The van der Waals surface area contributed by atoms with E-state index in [0.29, 0.717) is 6.54 Å². The molecular weight excluding hydrogens is 210 g/mol. The minimum Gasteiger partial charge on any atom is -0.326 e. The highest BCUT2D eigenvalue weighted by Gasteiger charge is 2.22. The lowest BCUT2D eigenvalue weighted by atomic mass is 9.88. The van der Waals surface area contributed by atoms with Crippen LogP contribution in [0.3, 0.4) is 0 Å². The van der Waals surface area contributed by atoms with Crippen molar-refractivity contribution in [2.75, 3.05) is 13.1 Å². The zero-order chi connectivity index (χ0) is 12.3. The molecule has 1 aliphatic rings. The smallest absolute Gasteiger partial charge is 0.0544 e. The van der Waals surface area contributed by atoms with E-state index in [2.05, 4.69) is 35.9 Å². The van der Waals surface area contributed by atoms with Crippen molar-refractivity contribution in [1.82, 2.24) is 9.88 Å². The average Bonchev–Trinajstić information content (AvgIpc) is 2.35. The van der Waals surface area contributed by atoms with E-state index in [1.54, 1.807) is 0 Å². The summed E-state index contributed by atoms with van der Waals surface area (Å²) in [5.41, 5.74) is 7.83. The molecule has 3 nitrogen and oxygen atoms in total. The lowest BCUT2D eigenvalue weighted by Crippen LogP contribution is -2.38. The maximum atomic E-state index is 5.57. The molecule has 0 aliphatic carbocycles. The Morgan fingerprint density at radius 2 is 2.18 bits per heavy atom. The van der Waals surface area contributed by atoms with Crippen LogP contribution in [0.25, 0.3) is 0 Å². The molecule has 0 radical (unpaired) electrons. The van der Waals surface area contributed by atoms with Crippen LogP contribution in [0.4, 0.5) is 0 Å². The van der Waals surface area contributed by atoms with Crippen LogP contribution in [-0.2, 0) is 13.1 Å². The van der Waals surface area contributed by atoms with Gasteiger partial charge in [0.2, 0.25) is 0 Å². The Balaban J connectivity index is 1.92. The van der Waals surface area contributed by atoms with Gasteiger partial charge in [0.25, 0.3) is 0 Å². The van der Waals surface area contributed by atoms with E-state index >= 15 is 0 Å². The maximum Gasteiger partial charge on any atom is 0.0544 e. The summed E-state index contributed by atoms with van der Waals surface area (Å²) in [6.45, 7) is 8.65. The molecule has 0 aromatic carbocycles. The quantitative estimate of drug-likeness (QED) is 0.868. The Morgan fingerprint density at radius 1 is 1.35 bits per heavy atom. The lowest BCUT2D eigenvalue weighted by molar-refractivity contribution is 0.131. The van der Waals surface area contributed by atoms with E-state index in [9.17, 15) is 0 Å². The number of nitrogens with zero attached hydrogens (tertiary/aromatic N) is 2. The van der Waals surface area contributed by atoms with Gasteiger partial charge in [0.15, 0.2) is 0 Å². The van der Waals surface area contributed by atoms with Gasteiger partial charge in [-0.15, -0.1) is 0 Å². The topological polar surface area (TPSA) is 42.1 Å². The minimum absolute atomic E-state index is 0.575. The predicted molar refractivity (Wildman–Crippen MR) is 70.4 cm³/mol. The highest BCUT2D eigenvalue weighted by Crippen LogP contribution is 2.23. The number of hydrogen-bond donors (Lipinski definition) is 1. The molecule has 2 heterocycles. The lowest BCUT2D eigenvalue weighted by Gasteiger charge is -2.35. The summed E-state index contributed by atoms with van der Waals surface area (Å²) in [5, 5.41) is 0. The number of piperidine rings is 1. The van der Waals surface area contributed by atoms with Crippen LogP contribution >= 0.6 is 0 Å². The summed E-state index contributed by atoms with van der Waals surface area (Å²) in [6.07, 6.45) is 3.20. The molecule has 1 aromatic rings. The molecule has 0 bridgehead atoms. The highest BCUT2D eigenvalue weighted by atomic mass is 15.1. The molecule has 1 saturated heterocycles. The summed E-state index contributed by atoms with van der Waals surface area (Å²) in [7, 11) is 0. The molecule has 1 aliphatic heterocycles. The molecule has 0 spiro atoms. The molecule has 2 rings (SSSR count). The molecule has 2 N–H and O–H groups in total. The third-order valence-electron chi connectivity index (χ3n) is 3.93. The molecule has 0 amide bonds. The first-order chi connectivity index (χ1) is 8.19. The monoisotopic (exact) mass is 233 g/mol. The van der Waals surface area contributed by atoms with Gasteiger partial charge in [-0.05, 0) is 36.4 Å². The van der Waals surface area contributed by atoms with Crippen molar-refractivity contribution in [3.8, 4) is 0 Å². The standard InChI is InChI=1S/C14H23N3/c1-11-5-6-17(9-12(11)2)10-14-4-3-13(7-15)8-16-14/h3-4,8,11-12H,5-7,9-10,15H2,1-2H3. The zero-order valence-electron chi connectivity index (χ0n) is 10.9. The molecule has 0 saturated carbocycles. The van der Waals surface area contributed by atoms with Crippen LogP contribution < -0.4 is 5.73 Å². The van der Waals surface area contributed by atoms with Gasteiger partial charge in [0.1, 0.15) is 0 Å². The Hall–Kier alpha value is -0.930. The number of pyridine rings is 1. The largest absolute Gasteiger partial charge is 0.326 e. The van der Waals surface area contributed by atoms with Crippen molar-refractivity contribution in [1.29, 1.82) is 0 Å². The van der Waals surface area contributed by atoms with Crippen LogP contribution in [0.1, 0.15) is 31.5 Å². The summed E-state index contributed by atoms with van der Waals surface area (Å²) < 4.78 is 0. The van der Waals surface area contributed by atoms with Crippen LogP contribution in [0.15, 0.2) is 18.3 Å². The van der Waals surface area contributed by atoms with Gasteiger partial charge in [0.05, 0.1) is 5.69 Å². The number of nitrogens with two attached hydrogens (primary N) is 1. The number of hydrogen-bond acceptors (Lipinski definition) is 3. The van der Waals surface area contributed by atoms with Crippen molar-refractivity contribution in [2.24, 2.45) is 17.6 Å². The first-order valence-corrected chi connectivity index (χ1v) is 6.55. The van der Waals surface area contributed by atoms with E-state index in [1.165, 1.54) is 19.5 Å². The van der Waals surface area contributed by atoms with Crippen molar-refractivity contribution in [3.63, 3.8) is 0 Å². The van der Waals surface area contributed by atoms with Crippen molar-refractivity contribution < 1.29 is 0 Å². The first-order valence-electron chi connectivity index (χ1n) is 6.55. The fraction of sp³-hybridized carbons (Fsp3) is 0.643. The Kier molecular flexibility index (Phi) is 4.13. The second-order valence-electron chi connectivity index (χ2n) is 5.34. The van der Waals surface area contributed by atoms with Crippen LogP contribution in [0, 0.1) is 11.8 Å². The number of likely N-dealkylation sites (tertiary alicyclic amines) is 1. The van der Waals surface area contributed by atoms with Crippen LogP contribution in [0.2, 0.25) is 0 Å². The normalized spacial score (nSPS) is 26.1. The molecule has 17 heavy (non-hydrogen) atoms. The van der Waals surface area contributed by atoms with Crippen molar-refractivity contribution in [2.45, 2.75) is 33.4 Å². The van der Waals surface area contributed by atoms with Crippen LogP contribution in [-0.4, -0.2) is 23.0 Å². The fourth-order valence-electron chi connectivity index (χ4n) is 2.39. The van der Waals surface area contributed by atoms with Gasteiger partial charge >= 0.3 is 0 Å². The zero-order valence-corrected chi connectivity index (χ0v) is 10.9. The van der Waals surface area contributed by atoms with Gasteiger partial charge in [-0.1, -0.05) is 19.9 Å². The molecule has 3 heteroatoms. The van der Waals surface area contributed by atoms with Crippen molar-refractivity contribution in [3.05, 3.63) is 29.6 Å². The first kappa shape index (κ1) is 12.5. The Labute approximate surface area is 104 Å². The predicted octanol–water partition coefficient (Wildman–Crippen LogP) is 2.02. The minimum atomic E-state index is 0.575. The van der Waals surface area contributed by atoms with E-state index in [4.69, 9.17) is 5.73 Å². The Bertz CT molecular complexity index is 347. The second kappa shape index (κ2) is 5.61. The third-order valence-corrected chi connectivity index (χ3v) is 3.93. The maximum absolute atomic E-state index is 5.57. The molecule has 2 atom stereocenters. The summed E-state index contributed by atoms with van der Waals surface area (Å²) in [6, 6.07) is 4.18. The van der Waals surface area contributed by atoms with Gasteiger partial charge in [0, 0.05) is 25.8 Å². The van der Waals surface area contributed by atoms with Gasteiger partial charge in [-0.2, -0.15) is 0 Å². The molecule has 94 valence electrons. The summed E-state index contributed by atoms with van der Waals surface area (Å²) >= 11 is 0. The van der Waals surface area contributed by atoms with Gasteiger partial charge in [-0.3, -0.25) is 9.88 Å². The highest BCUT2D eigenvalue weighted by molar-refractivity contribution is 5.13. The fourth-order valence-corrected chi connectivity index (χ4v) is 2.39. The van der Waals surface area contributed by atoms with E-state index < -0.39 is 0 Å². The van der Waals surface area contributed by atoms with E-state index in [1.807, 2.05) is 6.20 Å². The van der Waals surface area contributed by atoms with Crippen LogP contribution in [0.5, 0.6) is 0 Å².